The number of halogens is 2. The van der Waals surface area contributed by atoms with E-state index in [2.05, 4.69) is 0 Å². The van der Waals surface area contributed by atoms with Crippen LogP contribution in [-0.4, -0.2) is 40.2 Å². The first-order valence-corrected chi connectivity index (χ1v) is 5.52. The van der Waals surface area contributed by atoms with Gasteiger partial charge in [0.2, 0.25) is 0 Å². The Kier molecular flexibility index (Phi) is 3.37. The van der Waals surface area contributed by atoms with Gasteiger partial charge in [0, 0.05) is 0 Å². The van der Waals surface area contributed by atoms with E-state index in [9.17, 15) is 24.1 Å². The molecule has 0 aromatic heterocycles. The van der Waals surface area contributed by atoms with Gasteiger partial charge in [0.1, 0.15) is 17.8 Å². The molecule has 2 rings (SSSR count). The Hall–Kier alpha value is -1.08. The Morgan fingerprint density at radius 3 is 2.56 bits per heavy atom. The Balaban J connectivity index is 2.34. The predicted octanol–water partition coefficient (Wildman–Crippen LogP) is 0.293. The van der Waals surface area contributed by atoms with Crippen molar-refractivity contribution in [3.05, 3.63) is 35.4 Å². The second-order valence-corrected chi connectivity index (χ2v) is 4.51. The van der Waals surface area contributed by atoms with Crippen LogP contribution in [0.15, 0.2) is 18.2 Å². The highest BCUT2D eigenvalue weighted by atomic mass is 19.2. The fourth-order valence-electron chi connectivity index (χ4n) is 2.09. The molecule has 1 saturated heterocycles. The van der Waals surface area contributed by atoms with Gasteiger partial charge in [-0.3, -0.25) is 0 Å². The lowest BCUT2D eigenvalue weighted by molar-refractivity contribution is -0.0722. The molecule has 0 bridgehead atoms. The highest BCUT2D eigenvalue weighted by molar-refractivity contribution is 5.27. The van der Waals surface area contributed by atoms with Crippen molar-refractivity contribution in [1.82, 2.24) is 0 Å². The topological polar surface area (TPSA) is 69.9 Å². The van der Waals surface area contributed by atoms with E-state index in [0.29, 0.717) is 0 Å². The van der Waals surface area contributed by atoms with Gasteiger partial charge in [-0.25, -0.2) is 8.78 Å². The van der Waals surface area contributed by atoms with E-state index in [4.69, 9.17) is 4.74 Å². The first kappa shape index (κ1) is 13.4. The summed E-state index contributed by atoms with van der Waals surface area (Å²) in [5.41, 5.74) is -1.84. The Bertz CT molecular complexity index is 452. The number of ether oxygens (including phenoxy) is 1. The van der Waals surface area contributed by atoms with Crippen LogP contribution in [0.25, 0.3) is 0 Å². The van der Waals surface area contributed by atoms with Crippen molar-refractivity contribution in [3.8, 4) is 0 Å². The lowest BCUT2D eigenvalue weighted by atomic mass is 9.87. The molecule has 0 spiro atoms. The van der Waals surface area contributed by atoms with Gasteiger partial charge < -0.3 is 20.1 Å². The van der Waals surface area contributed by atoms with Crippen molar-refractivity contribution in [1.29, 1.82) is 0 Å². The van der Waals surface area contributed by atoms with Gasteiger partial charge in [-0.1, -0.05) is 6.07 Å². The normalized spacial score (nSPS) is 33.7. The molecule has 1 aliphatic heterocycles. The van der Waals surface area contributed by atoms with Crippen LogP contribution in [0, 0.1) is 11.6 Å². The molecule has 0 saturated carbocycles. The van der Waals surface area contributed by atoms with Crippen LogP contribution >= 0.6 is 0 Å². The molecule has 1 unspecified atom stereocenters. The van der Waals surface area contributed by atoms with Crippen molar-refractivity contribution in [2.45, 2.75) is 30.8 Å². The minimum absolute atomic E-state index is 0.0112. The summed E-state index contributed by atoms with van der Waals surface area (Å²) >= 11 is 0. The first-order valence-electron chi connectivity index (χ1n) is 5.52. The van der Waals surface area contributed by atoms with E-state index < -0.39 is 35.5 Å². The highest BCUT2D eigenvalue weighted by Gasteiger charge is 2.50. The minimum Gasteiger partial charge on any atom is -0.391 e. The van der Waals surface area contributed by atoms with Gasteiger partial charge in [-0.05, 0) is 24.6 Å². The summed E-state index contributed by atoms with van der Waals surface area (Å²) in [5.74, 6) is -2.16. The standard InChI is InChI=1S/C12H14F2O4/c1-6(15)10-11(16)12(17,5-18-10)7-2-3-8(13)9(14)4-7/h2-4,6,10-11,15-17H,5H2,1H3/t6?,10-,11-,12-/m1/s1. The van der Waals surface area contributed by atoms with E-state index in [0.717, 1.165) is 12.1 Å². The summed E-state index contributed by atoms with van der Waals surface area (Å²) in [6.45, 7) is 1.11. The molecule has 6 heteroatoms. The summed E-state index contributed by atoms with van der Waals surface area (Å²) in [6, 6.07) is 2.85. The van der Waals surface area contributed by atoms with E-state index in [-0.39, 0.29) is 12.2 Å². The summed E-state index contributed by atoms with van der Waals surface area (Å²) in [7, 11) is 0. The predicted molar refractivity (Wildman–Crippen MR) is 57.7 cm³/mol. The molecule has 0 amide bonds. The number of rotatable bonds is 2. The Labute approximate surface area is 102 Å². The van der Waals surface area contributed by atoms with Crippen molar-refractivity contribution in [3.63, 3.8) is 0 Å². The van der Waals surface area contributed by atoms with Gasteiger partial charge in [0.25, 0.3) is 0 Å². The van der Waals surface area contributed by atoms with Gasteiger partial charge in [-0.2, -0.15) is 0 Å². The number of aliphatic hydroxyl groups excluding tert-OH is 2. The highest BCUT2D eigenvalue weighted by Crippen LogP contribution is 2.36. The second-order valence-electron chi connectivity index (χ2n) is 4.51. The van der Waals surface area contributed by atoms with Gasteiger partial charge in [0.05, 0.1) is 12.7 Å². The van der Waals surface area contributed by atoms with E-state index in [1.165, 1.54) is 13.0 Å². The van der Waals surface area contributed by atoms with Crippen LogP contribution < -0.4 is 0 Å². The molecule has 3 N–H and O–H groups in total. The van der Waals surface area contributed by atoms with Gasteiger partial charge >= 0.3 is 0 Å². The van der Waals surface area contributed by atoms with Crippen molar-refractivity contribution >= 4 is 0 Å². The zero-order chi connectivity index (χ0) is 13.5. The fourth-order valence-corrected chi connectivity index (χ4v) is 2.09. The lowest BCUT2D eigenvalue weighted by Gasteiger charge is -2.27. The molecule has 100 valence electrons. The Morgan fingerprint density at radius 2 is 2.06 bits per heavy atom. The molecule has 1 fully saturated rings. The minimum atomic E-state index is -1.85. The third-order valence-corrected chi connectivity index (χ3v) is 3.19. The third kappa shape index (κ3) is 2.01. The molecule has 4 nitrogen and oxygen atoms in total. The number of aliphatic hydroxyl groups is 3. The molecule has 0 aliphatic carbocycles. The first-order chi connectivity index (χ1) is 8.36. The maximum atomic E-state index is 13.1. The molecule has 1 aliphatic rings. The monoisotopic (exact) mass is 260 g/mol. The number of benzene rings is 1. The summed E-state index contributed by atoms with van der Waals surface area (Å²) < 4.78 is 31.1. The average Bonchev–Trinajstić information content (AvgIpc) is 2.61. The van der Waals surface area contributed by atoms with Crippen LogP contribution in [0.2, 0.25) is 0 Å². The zero-order valence-corrected chi connectivity index (χ0v) is 9.68. The molecule has 0 radical (unpaired) electrons. The van der Waals surface area contributed by atoms with Crippen molar-refractivity contribution in [2.75, 3.05) is 6.61 Å². The maximum absolute atomic E-state index is 13.1. The SMILES string of the molecule is CC(O)[C@H]1OC[C@@](O)(c2ccc(F)c(F)c2)[C@@H]1O. The quantitative estimate of drug-likeness (QED) is 0.715. The number of hydrogen-bond acceptors (Lipinski definition) is 4. The van der Waals surface area contributed by atoms with Crippen LogP contribution in [0.1, 0.15) is 12.5 Å². The van der Waals surface area contributed by atoms with Gasteiger partial charge in [0.15, 0.2) is 11.6 Å². The van der Waals surface area contributed by atoms with Crippen molar-refractivity contribution in [2.24, 2.45) is 0 Å². The zero-order valence-electron chi connectivity index (χ0n) is 9.68. The van der Waals surface area contributed by atoms with E-state index in [1.54, 1.807) is 0 Å². The molecular weight excluding hydrogens is 246 g/mol. The lowest BCUT2D eigenvalue weighted by Crippen LogP contribution is -2.44. The summed E-state index contributed by atoms with van der Waals surface area (Å²) in [6.07, 6.45) is -3.37. The smallest absolute Gasteiger partial charge is 0.159 e. The van der Waals surface area contributed by atoms with Crippen LogP contribution in [0.5, 0.6) is 0 Å². The third-order valence-electron chi connectivity index (χ3n) is 3.19. The average molecular weight is 260 g/mol. The van der Waals surface area contributed by atoms with E-state index in [1.807, 2.05) is 0 Å². The summed E-state index contributed by atoms with van der Waals surface area (Å²) in [5, 5.41) is 29.6. The van der Waals surface area contributed by atoms with Crippen LogP contribution in [-0.2, 0) is 10.3 Å². The molecule has 18 heavy (non-hydrogen) atoms. The van der Waals surface area contributed by atoms with Crippen molar-refractivity contribution < 1.29 is 28.8 Å². The largest absolute Gasteiger partial charge is 0.391 e. The van der Waals surface area contributed by atoms with Gasteiger partial charge in [-0.15, -0.1) is 0 Å². The van der Waals surface area contributed by atoms with Crippen LogP contribution in [0.4, 0.5) is 8.78 Å². The second kappa shape index (κ2) is 4.55. The fraction of sp³-hybridized carbons (Fsp3) is 0.500. The summed E-state index contributed by atoms with van der Waals surface area (Å²) in [4.78, 5) is 0. The number of hydrogen-bond donors (Lipinski definition) is 3. The Morgan fingerprint density at radius 1 is 1.39 bits per heavy atom. The van der Waals surface area contributed by atoms with Crippen LogP contribution in [0.3, 0.4) is 0 Å². The van der Waals surface area contributed by atoms with E-state index >= 15 is 0 Å². The molecule has 1 aromatic carbocycles. The molecule has 4 atom stereocenters. The molecular formula is C12H14F2O4. The molecule has 1 aromatic rings. The maximum Gasteiger partial charge on any atom is 0.159 e. The molecule has 1 heterocycles.